The molecule has 0 saturated heterocycles. The van der Waals surface area contributed by atoms with Gasteiger partial charge < -0.3 is 0 Å². The lowest BCUT2D eigenvalue weighted by Crippen LogP contribution is -2.15. The summed E-state index contributed by atoms with van der Waals surface area (Å²) in [6, 6.07) is 5.17. The molecule has 1 aromatic heterocycles. The predicted molar refractivity (Wildman–Crippen MR) is 71.8 cm³/mol. The minimum atomic E-state index is -3.92. The Morgan fingerprint density at radius 2 is 2.05 bits per heavy atom. The molecule has 0 spiro atoms. The summed E-state index contributed by atoms with van der Waals surface area (Å²) in [5, 5.41) is 14.6. The number of aryl methyl sites for hydroxylation is 2. The minimum Gasteiger partial charge on any atom is -0.274 e. The molecular weight excluding hydrogens is 284 g/mol. The van der Waals surface area contributed by atoms with Gasteiger partial charge >= 0.3 is 0 Å². The van der Waals surface area contributed by atoms with Crippen LogP contribution in [0.2, 0.25) is 0 Å². The number of rotatable bonds is 4. The average Bonchev–Trinajstić information content (AvgIpc) is 2.73. The molecule has 2 rings (SSSR count). The van der Waals surface area contributed by atoms with Crippen LogP contribution in [0.3, 0.4) is 0 Å². The number of nitrogens with zero attached hydrogens (tertiary/aromatic N) is 3. The number of nitro groups is 1. The summed E-state index contributed by atoms with van der Waals surface area (Å²) < 4.78 is 28.2. The molecule has 0 aliphatic heterocycles. The lowest BCUT2D eigenvalue weighted by molar-refractivity contribution is -0.385. The van der Waals surface area contributed by atoms with Crippen molar-refractivity contribution in [2.75, 3.05) is 4.72 Å². The Kier molecular flexibility index (Phi) is 3.45. The summed E-state index contributed by atoms with van der Waals surface area (Å²) in [7, 11) is -2.27. The van der Waals surface area contributed by atoms with Crippen molar-refractivity contribution < 1.29 is 13.3 Å². The Hall–Kier alpha value is -2.42. The molecule has 0 saturated carbocycles. The van der Waals surface area contributed by atoms with Crippen LogP contribution in [0.15, 0.2) is 35.4 Å². The number of sulfonamides is 1. The van der Waals surface area contributed by atoms with Gasteiger partial charge in [0.2, 0.25) is 0 Å². The largest absolute Gasteiger partial charge is 0.274 e. The van der Waals surface area contributed by atoms with Gasteiger partial charge in [0, 0.05) is 31.4 Å². The fourth-order valence-corrected chi connectivity index (χ4v) is 2.92. The molecule has 0 atom stereocenters. The van der Waals surface area contributed by atoms with E-state index in [4.69, 9.17) is 0 Å². The van der Waals surface area contributed by atoms with E-state index in [1.807, 2.05) is 0 Å². The molecular formula is C11H12N4O4S. The lowest BCUT2D eigenvalue weighted by Gasteiger charge is -2.08. The molecule has 0 radical (unpaired) electrons. The molecule has 0 fully saturated rings. The van der Waals surface area contributed by atoms with Gasteiger partial charge in [-0.1, -0.05) is 6.07 Å². The molecule has 0 bridgehead atoms. The van der Waals surface area contributed by atoms with Crippen LogP contribution in [-0.2, 0) is 17.1 Å². The Bertz CT molecular complexity index is 766. The van der Waals surface area contributed by atoms with E-state index in [1.54, 1.807) is 20.2 Å². The van der Waals surface area contributed by atoms with Crippen LogP contribution in [0.4, 0.5) is 11.5 Å². The number of nitro benzene ring substituents is 1. The second-order valence-corrected chi connectivity index (χ2v) is 5.84. The molecule has 20 heavy (non-hydrogen) atoms. The zero-order valence-corrected chi connectivity index (χ0v) is 11.6. The third kappa shape index (κ3) is 2.77. The maximum absolute atomic E-state index is 12.2. The van der Waals surface area contributed by atoms with Gasteiger partial charge in [0.15, 0.2) is 5.82 Å². The maximum Gasteiger partial charge on any atom is 0.270 e. The Balaban J connectivity index is 2.43. The first-order valence-corrected chi connectivity index (χ1v) is 7.05. The summed E-state index contributed by atoms with van der Waals surface area (Å²) in [5.41, 5.74) is 0.135. The van der Waals surface area contributed by atoms with E-state index >= 15 is 0 Å². The number of hydrogen-bond acceptors (Lipinski definition) is 5. The molecule has 0 aliphatic rings. The number of nitrogens with one attached hydrogen (secondary N) is 1. The van der Waals surface area contributed by atoms with Gasteiger partial charge in [0.1, 0.15) is 0 Å². The van der Waals surface area contributed by atoms with Gasteiger partial charge in [-0.05, 0) is 12.5 Å². The van der Waals surface area contributed by atoms with Crippen molar-refractivity contribution in [3.63, 3.8) is 0 Å². The van der Waals surface area contributed by atoms with E-state index < -0.39 is 14.9 Å². The summed E-state index contributed by atoms with van der Waals surface area (Å²) in [5.74, 6) is 0.151. The number of hydrogen-bond donors (Lipinski definition) is 1. The van der Waals surface area contributed by atoms with Crippen molar-refractivity contribution >= 4 is 21.5 Å². The molecule has 2 aromatic rings. The number of aromatic nitrogens is 2. The zero-order chi connectivity index (χ0) is 14.9. The van der Waals surface area contributed by atoms with E-state index in [9.17, 15) is 18.5 Å². The number of benzene rings is 1. The highest BCUT2D eigenvalue weighted by molar-refractivity contribution is 7.92. The van der Waals surface area contributed by atoms with Crippen LogP contribution in [0.1, 0.15) is 5.56 Å². The van der Waals surface area contributed by atoms with Crippen molar-refractivity contribution in [2.45, 2.75) is 11.8 Å². The van der Waals surface area contributed by atoms with Crippen LogP contribution < -0.4 is 4.72 Å². The summed E-state index contributed by atoms with van der Waals surface area (Å²) in [6.45, 7) is 1.57. The summed E-state index contributed by atoms with van der Waals surface area (Å²) in [4.78, 5) is 9.95. The van der Waals surface area contributed by atoms with Crippen molar-refractivity contribution in [3.05, 3.63) is 46.1 Å². The van der Waals surface area contributed by atoms with E-state index in [2.05, 4.69) is 9.82 Å². The molecule has 0 amide bonds. The highest BCUT2D eigenvalue weighted by atomic mass is 32.2. The first kappa shape index (κ1) is 14.0. The minimum absolute atomic E-state index is 0.141. The molecule has 0 unspecified atom stereocenters. The third-order valence-electron chi connectivity index (χ3n) is 2.62. The normalized spacial score (nSPS) is 11.3. The first-order valence-electron chi connectivity index (χ1n) is 5.57. The van der Waals surface area contributed by atoms with Crippen molar-refractivity contribution in [3.8, 4) is 0 Å². The topological polar surface area (TPSA) is 107 Å². The van der Waals surface area contributed by atoms with Gasteiger partial charge in [0.05, 0.1) is 9.82 Å². The molecule has 9 heteroatoms. The zero-order valence-electron chi connectivity index (χ0n) is 10.8. The fraction of sp³-hybridized carbons (Fsp3) is 0.182. The van der Waals surface area contributed by atoms with Crippen LogP contribution in [0.25, 0.3) is 0 Å². The van der Waals surface area contributed by atoms with E-state index in [1.165, 1.54) is 22.9 Å². The van der Waals surface area contributed by atoms with E-state index in [0.29, 0.717) is 5.56 Å². The quantitative estimate of drug-likeness (QED) is 0.678. The Labute approximate surface area is 115 Å². The van der Waals surface area contributed by atoms with Gasteiger partial charge in [-0.15, -0.1) is 0 Å². The second-order valence-electron chi connectivity index (χ2n) is 4.19. The van der Waals surface area contributed by atoms with Gasteiger partial charge in [-0.2, -0.15) is 5.10 Å². The Morgan fingerprint density at radius 3 is 2.60 bits per heavy atom. The van der Waals surface area contributed by atoms with Crippen molar-refractivity contribution in [1.29, 1.82) is 0 Å². The fourth-order valence-electron chi connectivity index (χ4n) is 1.65. The van der Waals surface area contributed by atoms with Crippen LogP contribution >= 0.6 is 0 Å². The lowest BCUT2D eigenvalue weighted by atomic mass is 10.2. The van der Waals surface area contributed by atoms with E-state index in [0.717, 1.165) is 6.07 Å². The van der Waals surface area contributed by atoms with Crippen molar-refractivity contribution in [1.82, 2.24) is 9.78 Å². The second kappa shape index (κ2) is 4.93. The number of non-ortho nitro benzene ring substituents is 1. The van der Waals surface area contributed by atoms with Gasteiger partial charge in [0.25, 0.3) is 15.7 Å². The molecule has 8 nitrogen and oxygen atoms in total. The summed E-state index contributed by atoms with van der Waals surface area (Å²) >= 11 is 0. The SMILES string of the molecule is Cc1ccc([N+](=O)[O-])cc1S(=O)(=O)Nc1ccn(C)n1. The first-order chi connectivity index (χ1) is 9.29. The van der Waals surface area contributed by atoms with Gasteiger partial charge in [-0.25, -0.2) is 8.42 Å². The highest BCUT2D eigenvalue weighted by Crippen LogP contribution is 2.23. The smallest absolute Gasteiger partial charge is 0.270 e. The average molecular weight is 296 g/mol. The molecule has 1 heterocycles. The van der Waals surface area contributed by atoms with Crippen LogP contribution in [-0.4, -0.2) is 23.1 Å². The van der Waals surface area contributed by atoms with E-state index in [-0.39, 0.29) is 16.4 Å². The highest BCUT2D eigenvalue weighted by Gasteiger charge is 2.21. The maximum atomic E-state index is 12.2. The standard InChI is InChI=1S/C11H12N4O4S/c1-8-3-4-9(15(16)17)7-10(8)20(18,19)13-11-5-6-14(2)12-11/h3-7H,1-2H3,(H,12,13). The summed E-state index contributed by atoms with van der Waals surface area (Å²) in [6.07, 6.45) is 1.58. The van der Waals surface area contributed by atoms with Crippen molar-refractivity contribution in [2.24, 2.45) is 7.05 Å². The molecule has 0 aliphatic carbocycles. The molecule has 1 aromatic carbocycles. The molecule has 106 valence electrons. The van der Waals surface area contributed by atoms with Crippen LogP contribution in [0.5, 0.6) is 0 Å². The number of anilines is 1. The monoisotopic (exact) mass is 296 g/mol. The van der Waals surface area contributed by atoms with Crippen LogP contribution in [0, 0.1) is 17.0 Å². The Morgan fingerprint density at radius 1 is 1.35 bits per heavy atom. The molecule has 1 N–H and O–H groups in total. The third-order valence-corrected chi connectivity index (χ3v) is 4.12. The van der Waals surface area contributed by atoms with Gasteiger partial charge in [-0.3, -0.25) is 19.5 Å². The predicted octanol–water partition coefficient (Wildman–Crippen LogP) is 1.44.